The van der Waals surface area contributed by atoms with Gasteiger partial charge in [0.15, 0.2) is 0 Å². The van der Waals surface area contributed by atoms with Gasteiger partial charge in [0.05, 0.1) is 11.8 Å². The summed E-state index contributed by atoms with van der Waals surface area (Å²) in [4.78, 5) is 2.24. The molecule has 0 saturated heterocycles. The molecule has 5 heteroatoms. The zero-order chi connectivity index (χ0) is 13.0. The van der Waals surface area contributed by atoms with Gasteiger partial charge in [0, 0.05) is 38.2 Å². The first-order valence-electron chi connectivity index (χ1n) is 5.86. The monoisotopic (exact) mass is 235 g/mol. The molecule has 0 aromatic carbocycles. The molecule has 0 fully saturated rings. The lowest BCUT2D eigenvalue weighted by molar-refractivity contribution is 0.218. The molecule has 0 aliphatic heterocycles. The molecule has 0 bridgehead atoms. The molecule has 0 spiro atoms. The van der Waals surface area contributed by atoms with Gasteiger partial charge in [-0.25, -0.2) is 0 Å². The van der Waals surface area contributed by atoms with Gasteiger partial charge in [0.2, 0.25) is 0 Å². The summed E-state index contributed by atoms with van der Waals surface area (Å²) in [5.74, 6) is 0.713. The number of nitrogens with two attached hydrogens (primary N) is 1. The maximum atomic E-state index is 8.66. The highest BCUT2D eigenvalue weighted by Crippen LogP contribution is 2.18. The Hall–Kier alpha value is -1.54. The standard InChI is InChI=1S/C12H21N5/c1-9(2)17(7-5-6-13)8-11-10(3)15-16(4)12(11)14/h9H,5,7-8,14H2,1-4H3. The first kappa shape index (κ1) is 13.5. The summed E-state index contributed by atoms with van der Waals surface area (Å²) in [6.45, 7) is 7.74. The van der Waals surface area contributed by atoms with E-state index in [4.69, 9.17) is 11.0 Å². The third-order valence-electron chi connectivity index (χ3n) is 3.00. The fraction of sp³-hybridized carbons (Fsp3) is 0.667. The molecule has 0 unspecified atom stereocenters. The summed E-state index contributed by atoms with van der Waals surface area (Å²) in [5, 5.41) is 13.0. The van der Waals surface area contributed by atoms with E-state index in [-0.39, 0.29) is 0 Å². The molecule has 0 aliphatic carbocycles. The maximum Gasteiger partial charge on any atom is 0.126 e. The molecule has 2 N–H and O–H groups in total. The number of rotatable bonds is 5. The molecule has 1 heterocycles. The van der Waals surface area contributed by atoms with Crippen molar-refractivity contribution in [2.45, 2.75) is 39.8 Å². The van der Waals surface area contributed by atoms with Crippen LogP contribution in [-0.4, -0.2) is 27.3 Å². The lowest BCUT2D eigenvalue weighted by atomic mass is 10.2. The van der Waals surface area contributed by atoms with Gasteiger partial charge in [-0.3, -0.25) is 9.58 Å². The maximum absolute atomic E-state index is 8.66. The van der Waals surface area contributed by atoms with Gasteiger partial charge in [-0.1, -0.05) is 0 Å². The Labute approximate surface area is 103 Å². The van der Waals surface area contributed by atoms with E-state index in [0.29, 0.717) is 18.3 Å². The summed E-state index contributed by atoms with van der Waals surface area (Å²) in [6, 6.07) is 2.57. The summed E-state index contributed by atoms with van der Waals surface area (Å²) in [5.41, 5.74) is 8.02. The van der Waals surface area contributed by atoms with Crippen molar-refractivity contribution < 1.29 is 0 Å². The van der Waals surface area contributed by atoms with E-state index in [9.17, 15) is 0 Å². The molecular formula is C12H21N5. The number of hydrogen-bond acceptors (Lipinski definition) is 4. The Kier molecular flexibility index (Phi) is 4.53. The van der Waals surface area contributed by atoms with Crippen molar-refractivity contribution >= 4 is 5.82 Å². The Morgan fingerprint density at radius 2 is 2.18 bits per heavy atom. The molecule has 1 rings (SSSR count). The first-order valence-corrected chi connectivity index (χ1v) is 5.86. The molecule has 1 aromatic heterocycles. The van der Waals surface area contributed by atoms with Crippen LogP contribution in [0.3, 0.4) is 0 Å². The topological polar surface area (TPSA) is 70.9 Å². The lowest BCUT2D eigenvalue weighted by Gasteiger charge is -2.25. The van der Waals surface area contributed by atoms with Crippen LogP contribution < -0.4 is 5.73 Å². The largest absolute Gasteiger partial charge is 0.384 e. The zero-order valence-corrected chi connectivity index (χ0v) is 11.1. The Morgan fingerprint density at radius 1 is 1.53 bits per heavy atom. The van der Waals surface area contributed by atoms with Crippen molar-refractivity contribution in [3.05, 3.63) is 11.3 Å². The fourth-order valence-electron chi connectivity index (χ4n) is 1.83. The van der Waals surface area contributed by atoms with Crippen molar-refractivity contribution in [3.8, 4) is 6.07 Å². The van der Waals surface area contributed by atoms with E-state index >= 15 is 0 Å². The Balaban J connectivity index is 2.82. The SMILES string of the molecule is Cc1nn(C)c(N)c1CN(CCC#N)C(C)C. The second-order valence-corrected chi connectivity index (χ2v) is 4.55. The molecule has 17 heavy (non-hydrogen) atoms. The number of hydrogen-bond donors (Lipinski definition) is 1. The van der Waals surface area contributed by atoms with Crippen LogP contribution in [0.25, 0.3) is 0 Å². The minimum Gasteiger partial charge on any atom is -0.384 e. The molecule has 94 valence electrons. The van der Waals surface area contributed by atoms with Crippen LogP contribution in [0.2, 0.25) is 0 Å². The Morgan fingerprint density at radius 3 is 2.59 bits per heavy atom. The fourth-order valence-corrected chi connectivity index (χ4v) is 1.83. The summed E-state index contributed by atoms with van der Waals surface area (Å²) in [6.07, 6.45) is 0.539. The molecule has 5 nitrogen and oxygen atoms in total. The number of aromatic nitrogens is 2. The summed E-state index contributed by atoms with van der Waals surface area (Å²) in [7, 11) is 1.85. The van der Waals surface area contributed by atoms with E-state index in [1.807, 2.05) is 14.0 Å². The number of nitrogens with zero attached hydrogens (tertiary/aromatic N) is 4. The average Bonchev–Trinajstić information content (AvgIpc) is 2.49. The Bertz CT molecular complexity index is 413. The second-order valence-electron chi connectivity index (χ2n) is 4.55. The normalized spacial score (nSPS) is 11.1. The van der Waals surface area contributed by atoms with Crippen LogP contribution in [0.4, 0.5) is 5.82 Å². The lowest BCUT2D eigenvalue weighted by Crippen LogP contribution is -2.31. The molecule has 1 aromatic rings. The minimum atomic E-state index is 0.391. The van der Waals surface area contributed by atoms with E-state index in [0.717, 1.165) is 24.3 Å². The molecule has 0 atom stereocenters. The van der Waals surface area contributed by atoms with Gasteiger partial charge >= 0.3 is 0 Å². The van der Waals surface area contributed by atoms with Crippen molar-refractivity contribution in [1.29, 1.82) is 5.26 Å². The van der Waals surface area contributed by atoms with Crippen LogP contribution in [0, 0.1) is 18.3 Å². The smallest absolute Gasteiger partial charge is 0.126 e. The number of nitriles is 1. The number of aryl methyl sites for hydroxylation is 2. The highest BCUT2D eigenvalue weighted by molar-refractivity contribution is 5.42. The minimum absolute atomic E-state index is 0.391. The zero-order valence-electron chi connectivity index (χ0n) is 11.1. The van der Waals surface area contributed by atoms with Gasteiger partial charge in [0.1, 0.15) is 5.82 Å². The molecule has 0 radical (unpaired) electrons. The predicted molar refractivity (Wildman–Crippen MR) is 68.1 cm³/mol. The molecular weight excluding hydrogens is 214 g/mol. The first-order chi connectivity index (χ1) is 7.97. The highest BCUT2D eigenvalue weighted by atomic mass is 15.3. The average molecular weight is 235 g/mol. The van der Waals surface area contributed by atoms with Crippen LogP contribution in [0.1, 0.15) is 31.5 Å². The molecule has 0 amide bonds. The number of anilines is 1. The van der Waals surface area contributed by atoms with Crippen molar-refractivity contribution in [2.24, 2.45) is 7.05 Å². The van der Waals surface area contributed by atoms with E-state index < -0.39 is 0 Å². The highest BCUT2D eigenvalue weighted by Gasteiger charge is 2.16. The van der Waals surface area contributed by atoms with Crippen LogP contribution >= 0.6 is 0 Å². The summed E-state index contributed by atoms with van der Waals surface area (Å²) >= 11 is 0. The molecule has 0 aliphatic rings. The van der Waals surface area contributed by atoms with Crippen LogP contribution in [0.15, 0.2) is 0 Å². The van der Waals surface area contributed by atoms with E-state index in [2.05, 4.69) is 29.9 Å². The van der Waals surface area contributed by atoms with Gasteiger partial charge in [-0.15, -0.1) is 0 Å². The third kappa shape index (κ3) is 3.21. The summed E-state index contributed by atoms with van der Waals surface area (Å²) < 4.78 is 1.70. The number of nitrogen functional groups attached to an aromatic ring is 1. The van der Waals surface area contributed by atoms with Crippen LogP contribution in [0.5, 0.6) is 0 Å². The molecule has 0 saturated carbocycles. The van der Waals surface area contributed by atoms with Crippen LogP contribution in [-0.2, 0) is 13.6 Å². The quantitative estimate of drug-likeness (QED) is 0.838. The van der Waals surface area contributed by atoms with Crippen molar-refractivity contribution in [1.82, 2.24) is 14.7 Å². The van der Waals surface area contributed by atoms with Gasteiger partial charge in [-0.05, 0) is 20.8 Å². The van der Waals surface area contributed by atoms with Gasteiger partial charge < -0.3 is 5.73 Å². The van der Waals surface area contributed by atoms with Crippen molar-refractivity contribution in [2.75, 3.05) is 12.3 Å². The predicted octanol–water partition coefficient (Wildman–Crippen LogP) is 1.43. The van der Waals surface area contributed by atoms with Gasteiger partial charge in [-0.2, -0.15) is 10.4 Å². The second kappa shape index (κ2) is 5.69. The van der Waals surface area contributed by atoms with Crippen molar-refractivity contribution in [3.63, 3.8) is 0 Å². The van der Waals surface area contributed by atoms with Gasteiger partial charge in [0.25, 0.3) is 0 Å². The van der Waals surface area contributed by atoms with E-state index in [1.54, 1.807) is 4.68 Å². The third-order valence-corrected chi connectivity index (χ3v) is 3.00. The van der Waals surface area contributed by atoms with E-state index in [1.165, 1.54) is 0 Å².